The van der Waals surface area contributed by atoms with Crippen LogP contribution in [0.15, 0.2) is 0 Å². The van der Waals surface area contributed by atoms with Gasteiger partial charge in [-0.1, -0.05) is 6.92 Å². The molecule has 0 bridgehead atoms. The maximum absolute atomic E-state index is 11.4. The average molecular weight is 257 g/mol. The minimum atomic E-state index is -0.236. The Hall–Kier alpha value is -1.14. The van der Waals surface area contributed by atoms with E-state index >= 15 is 0 Å². The van der Waals surface area contributed by atoms with Gasteiger partial charge >= 0.3 is 0 Å². The first kappa shape index (κ1) is 14.9. The summed E-state index contributed by atoms with van der Waals surface area (Å²) in [6, 6.07) is 0. The molecule has 6 nitrogen and oxygen atoms in total. The molecular formula is C12H23N3O3. The zero-order chi connectivity index (χ0) is 13.2. The minimum Gasteiger partial charge on any atom is -0.368 e. The fourth-order valence-electron chi connectivity index (χ4n) is 1.71. The molecule has 0 aliphatic carbocycles. The van der Waals surface area contributed by atoms with Gasteiger partial charge in [0.15, 0.2) is 0 Å². The van der Waals surface area contributed by atoms with Crippen LogP contribution in [0.4, 0.5) is 0 Å². The third-order valence-electron chi connectivity index (χ3n) is 2.75. The topological polar surface area (TPSA) is 79.5 Å². The summed E-state index contributed by atoms with van der Waals surface area (Å²) in [6.07, 6.45) is 2.92. The van der Waals surface area contributed by atoms with Gasteiger partial charge in [0.2, 0.25) is 11.8 Å². The van der Waals surface area contributed by atoms with Gasteiger partial charge in [-0.3, -0.25) is 9.59 Å². The van der Waals surface area contributed by atoms with Crippen LogP contribution < -0.4 is 16.0 Å². The number of piperidine rings is 1. The Balaban J connectivity index is 2.04. The zero-order valence-corrected chi connectivity index (χ0v) is 11.0. The summed E-state index contributed by atoms with van der Waals surface area (Å²) in [4.78, 5) is 22.7. The van der Waals surface area contributed by atoms with Crippen LogP contribution in [0.2, 0.25) is 0 Å². The second-order valence-electron chi connectivity index (χ2n) is 4.39. The van der Waals surface area contributed by atoms with Crippen molar-refractivity contribution in [1.82, 2.24) is 16.0 Å². The third-order valence-corrected chi connectivity index (χ3v) is 2.75. The lowest BCUT2D eigenvalue weighted by atomic mass is 10.1. The summed E-state index contributed by atoms with van der Waals surface area (Å²) in [7, 11) is 0. The first-order valence-electron chi connectivity index (χ1n) is 6.58. The van der Waals surface area contributed by atoms with E-state index in [1.807, 2.05) is 6.92 Å². The molecule has 0 aromatic rings. The SMILES string of the molecule is CCCNC(=O)CNC(=O)COC1CCNCC1. The van der Waals surface area contributed by atoms with E-state index < -0.39 is 0 Å². The Morgan fingerprint density at radius 3 is 2.61 bits per heavy atom. The Kier molecular flexibility index (Phi) is 7.36. The van der Waals surface area contributed by atoms with Crippen molar-refractivity contribution in [2.45, 2.75) is 32.3 Å². The summed E-state index contributed by atoms with van der Waals surface area (Å²) in [5, 5.41) is 8.46. The molecule has 0 atom stereocenters. The van der Waals surface area contributed by atoms with Crippen LogP contribution in [-0.4, -0.2) is 50.7 Å². The van der Waals surface area contributed by atoms with Crippen LogP contribution in [0.25, 0.3) is 0 Å². The molecule has 0 saturated carbocycles. The zero-order valence-electron chi connectivity index (χ0n) is 11.0. The predicted molar refractivity (Wildman–Crippen MR) is 68.2 cm³/mol. The van der Waals surface area contributed by atoms with E-state index in [-0.39, 0.29) is 31.1 Å². The molecule has 6 heteroatoms. The van der Waals surface area contributed by atoms with Gasteiger partial charge in [-0.05, 0) is 32.4 Å². The minimum absolute atomic E-state index is 0.0222. The highest BCUT2D eigenvalue weighted by Crippen LogP contribution is 2.06. The molecule has 0 radical (unpaired) electrons. The molecule has 1 fully saturated rings. The summed E-state index contributed by atoms with van der Waals surface area (Å²) in [6.45, 7) is 4.55. The Morgan fingerprint density at radius 1 is 1.22 bits per heavy atom. The van der Waals surface area contributed by atoms with Crippen molar-refractivity contribution in [2.24, 2.45) is 0 Å². The number of nitrogens with one attached hydrogen (secondary N) is 3. The lowest BCUT2D eigenvalue weighted by Gasteiger charge is -2.22. The summed E-state index contributed by atoms with van der Waals surface area (Å²) < 4.78 is 5.47. The summed E-state index contributed by atoms with van der Waals surface area (Å²) in [5.41, 5.74) is 0. The normalized spacial score (nSPS) is 16.3. The Labute approximate surface area is 108 Å². The van der Waals surface area contributed by atoms with Crippen LogP contribution in [0.1, 0.15) is 26.2 Å². The number of amides is 2. The molecule has 0 aromatic heterocycles. The van der Waals surface area contributed by atoms with E-state index in [2.05, 4.69) is 16.0 Å². The fourth-order valence-corrected chi connectivity index (χ4v) is 1.71. The largest absolute Gasteiger partial charge is 0.368 e. The molecule has 0 aromatic carbocycles. The van der Waals surface area contributed by atoms with Crippen molar-refractivity contribution in [3.8, 4) is 0 Å². The van der Waals surface area contributed by atoms with E-state index in [0.29, 0.717) is 6.54 Å². The molecule has 0 unspecified atom stereocenters. The van der Waals surface area contributed by atoms with Crippen LogP contribution >= 0.6 is 0 Å². The molecule has 104 valence electrons. The third kappa shape index (κ3) is 6.56. The Bertz CT molecular complexity index is 265. The second kappa shape index (κ2) is 8.88. The van der Waals surface area contributed by atoms with Gasteiger partial charge in [-0.25, -0.2) is 0 Å². The molecule has 1 rings (SSSR count). The number of carbonyl (C=O) groups excluding carboxylic acids is 2. The smallest absolute Gasteiger partial charge is 0.246 e. The number of ether oxygens (including phenoxy) is 1. The maximum atomic E-state index is 11.4. The van der Waals surface area contributed by atoms with Gasteiger partial charge in [0.1, 0.15) is 6.61 Å². The molecule has 2 amide bonds. The van der Waals surface area contributed by atoms with E-state index in [4.69, 9.17) is 4.74 Å². The van der Waals surface area contributed by atoms with Crippen LogP contribution in [0.3, 0.4) is 0 Å². The molecule has 1 aliphatic rings. The Morgan fingerprint density at radius 2 is 1.94 bits per heavy atom. The number of rotatable bonds is 7. The quantitative estimate of drug-likeness (QED) is 0.569. The first-order valence-corrected chi connectivity index (χ1v) is 6.58. The standard InChI is InChI=1S/C12H23N3O3/c1-2-5-14-11(16)8-15-12(17)9-18-10-3-6-13-7-4-10/h10,13H,2-9H2,1H3,(H,14,16)(H,15,17). The van der Waals surface area contributed by atoms with Crippen molar-refractivity contribution in [3.05, 3.63) is 0 Å². The number of carbonyl (C=O) groups is 2. The van der Waals surface area contributed by atoms with E-state index in [9.17, 15) is 9.59 Å². The average Bonchev–Trinajstić information content (AvgIpc) is 2.41. The molecule has 1 heterocycles. The lowest BCUT2D eigenvalue weighted by Crippen LogP contribution is -2.40. The van der Waals surface area contributed by atoms with Crippen molar-refractivity contribution in [2.75, 3.05) is 32.8 Å². The van der Waals surface area contributed by atoms with E-state index in [0.717, 1.165) is 32.4 Å². The monoisotopic (exact) mass is 257 g/mol. The van der Waals surface area contributed by atoms with Crippen molar-refractivity contribution in [3.63, 3.8) is 0 Å². The molecule has 18 heavy (non-hydrogen) atoms. The van der Waals surface area contributed by atoms with Crippen molar-refractivity contribution >= 4 is 11.8 Å². The van der Waals surface area contributed by atoms with E-state index in [1.165, 1.54) is 0 Å². The summed E-state index contributed by atoms with van der Waals surface area (Å²) >= 11 is 0. The van der Waals surface area contributed by atoms with E-state index in [1.54, 1.807) is 0 Å². The second-order valence-corrected chi connectivity index (χ2v) is 4.39. The highest BCUT2D eigenvalue weighted by atomic mass is 16.5. The molecule has 1 aliphatic heterocycles. The van der Waals surface area contributed by atoms with Crippen LogP contribution in [0, 0.1) is 0 Å². The van der Waals surface area contributed by atoms with Gasteiger partial charge in [0, 0.05) is 6.54 Å². The highest BCUT2D eigenvalue weighted by Gasteiger charge is 2.14. The number of hydrogen-bond acceptors (Lipinski definition) is 4. The molecule has 3 N–H and O–H groups in total. The maximum Gasteiger partial charge on any atom is 0.246 e. The van der Waals surface area contributed by atoms with Gasteiger partial charge in [0.25, 0.3) is 0 Å². The summed E-state index contributed by atoms with van der Waals surface area (Å²) in [5.74, 6) is -0.396. The highest BCUT2D eigenvalue weighted by molar-refractivity contribution is 5.85. The van der Waals surface area contributed by atoms with Crippen molar-refractivity contribution < 1.29 is 14.3 Å². The van der Waals surface area contributed by atoms with Crippen LogP contribution in [-0.2, 0) is 14.3 Å². The van der Waals surface area contributed by atoms with Gasteiger partial charge in [-0.15, -0.1) is 0 Å². The van der Waals surface area contributed by atoms with Gasteiger partial charge in [0.05, 0.1) is 12.6 Å². The fraction of sp³-hybridized carbons (Fsp3) is 0.833. The van der Waals surface area contributed by atoms with Crippen LogP contribution in [0.5, 0.6) is 0 Å². The lowest BCUT2D eigenvalue weighted by molar-refractivity contribution is -0.130. The molecule has 0 spiro atoms. The first-order chi connectivity index (χ1) is 8.72. The molecular weight excluding hydrogens is 234 g/mol. The van der Waals surface area contributed by atoms with Gasteiger partial charge < -0.3 is 20.7 Å². The molecule has 1 saturated heterocycles. The predicted octanol–water partition coefficient (Wildman–Crippen LogP) is -0.603. The number of hydrogen-bond donors (Lipinski definition) is 3. The van der Waals surface area contributed by atoms with Gasteiger partial charge in [-0.2, -0.15) is 0 Å². The van der Waals surface area contributed by atoms with Crippen molar-refractivity contribution in [1.29, 1.82) is 0 Å².